The van der Waals surface area contributed by atoms with Gasteiger partial charge >= 0.3 is 0 Å². The quantitative estimate of drug-likeness (QED) is 0.587. The van der Waals surface area contributed by atoms with Crippen LogP contribution in [0.5, 0.6) is 0 Å². The molecule has 1 aliphatic heterocycles. The van der Waals surface area contributed by atoms with Gasteiger partial charge in [-0.2, -0.15) is 4.57 Å². The molecule has 3 rings (SSSR count). The molecule has 2 heterocycles. The molecule has 0 saturated heterocycles. The Morgan fingerprint density at radius 2 is 1.78 bits per heavy atom. The van der Waals surface area contributed by atoms with Crippen molar-refractivity contribution in [2.24, 2.45) is 0 Å². The number of hydrogen-bond donors (Lipinski definition) is 0. The molecular weight excluding hydrogens is 286 g/mol. The fourth-order valence-electron chi connectivity index (χ4n) is 3.20. The van der Waals surface area contributed by atoms with Crippen molar-refractivity contribution in [1.29, 1.82) is 0 Å². The van der Waals surface area contributed by atoms with E-state index in [2.05, 4.69) is 82.1 Å². The van der Waals surface area contributed by atoms with Crippen LogP contribution in [0.3, 0.4) is 0 Å². The fraction of sp³-hybridized carbons (Fsp3) is 0.312. The van der Waals surface area contributed by atoms with Crippen molar-refractivity contribution in [1.82, 2.24) is 0 Å². The number of benzene rings is 1. The molecule has 0 bridgehead atoms. The first-order valence-corrected chi connectivity index (χ1v) is 7.56. The molecule has 0 fully saturated rings. The summed E-state index contributed by atoms with van der Waals surface area (Å²) in [6.07, 6.45) is 2.21. The second kappa shape index (κ2) is 4.85. The summed E-state index contributed by atoms with van der Waals surface area (Å²) >= 11 is 3.69. The molecule has 0 unspecified atom stereocenters. The van der Waals surface area contributed by atoms with Gasteiger partial charge in [0.15, 0.2) is 17.9 Å². The second-order valence-corrected chi connectivity index (χ2v) is 5.63. The summed E-state index contributed by atoms with van der Waals surface area (Å²) in [5, 5.41) is 0.999. The highest BCUT2D eigenvalue weighted by atomic mass is 79.9. The molecule has 0 aliphatic carbocycles. The van der Waals surface area contributed by atoms with E-state index in [1.165, 1.54) is 11.3 Å². The van der Waals surface area contributed by atoms with Gasteiger partial charge in [0.2, 0.25) is 0 Å². The van der Waals surface area contributed by atoms with E-state index in [-0.39, 0.29) is 0 Å². The summed E-state index contributed by atoms with van der Waals surface area (Å²) in [7, 11) is 0. The van der Waals surface area contributed by atoms with Crippen molar-refractivity contribution in [3.05, 3.63) is 66.0 Å². The smallest absolute Gasteiger partial charge is 0.185 e. The molecule has 2 aromatic rings. The maximum atomic E-state index is 3.69. The molecule has 0 radical (unpaired) electrons. The second-order valence-electron chi connectivity index (χ2n) is 4.98. The van der Waals surface area contributed by atoms with Gasteiger partial charge in [-0.25, -0.2) is 0 Å². The molecular formula is C16H17BrN+. The van der Waals surface area contributed by atoms with Gasteiger partial charge in [0.25, 0.3) is 0 Å². The van der Waals surface area contributed by atoms with Gasteiger partial charge in [-0.1, -0.05) is 59.3 Å². The van der Waals surface area contributed by atoms with E-state index in [0.717, 1.165) is 5.33 Å². The fourth-order valence-corrected chi connectivity index (χ4v) is 3.92. The number of rotatable bonds is 2. The third kappa shape index (κ3) is 1.79. The number of nitrogens with zero attached hydrogens (tertiary/aromatic N) is 1. The van der Waals surface area contributed by atoms with Gasteiger partial charge in [0.1, 0.15) is 0 Å². The minimum Gasteiger partial charge on any atom is -0.198 e. The molecule has 1 nitrogen and oxygen atoms in total. The van der Waals surface area contributed by atoms with Gasteiger partial charge in [-0.15, -0.1) is 0 Å². The van der Waals surface area contributed by atoms with Crippen LogP contribution in [-0.2, 0) is 0 Å². The third-order valence-electron chi connectivity index (χ3n) is 4.04. The van der Waals surface area contributed by atoms with Crippen molar-refractivity contribution in [2.75, 3.05) is 5.33 Å². The molecule has 0 saturated carbocycles. The zero-order valence-electron chi connectivity index (χ0n) is 10.5. The average molecular weight is 303 g/mol. The summed E-state index contributed by atoms with van der Waals surface area (Å²) in [5.74, 6) is 1.13. The monoisotopic (exact) mass is 302 g/mol. The average Bonchev–Trinajstić information content (AvgIpc) is 2.73. The first-order chi connectivity index (χ1) is 8.83. The minimum absolute atomic E-state index is 0.513. The Morgan fingerprint density at radius 3 is 2.50 bits per heavy atom. The van der Waals surface area contributed by atoms with Gasteiger partial charge in [0, 0.05) is 12.1 Å². The van der Waals surface area contributed by atoms with Crippen molar-refractivity contribution in [2.45, 2.75) is 24.8 Å². The summed E-state index contributed by atoms with van der Waals surface area (Å²) in [6.45, 7) is 2.34. The van der Waals surface area contributed by atoms with Gasteiger partial charge in [-0.3, -0.25) is 0 Å². The van der Waals surface area contributed by atoms with Crippen LogP contribution in [0.25, 0.3) is 0 Å². The van der Waals surface area contributed by atoms with Crippen LogP contribution in [0.4, 0.5) is 0 Å². The molecule has 1 aromatic carbocycles. The van der Waals surface area contributed by atoms with E-state index >= 15 is 0 Å². The van der Waals surface area contributed by atoms with E-state index in [1.54, 1.807) is 0 Å². The highest BCUT2D eigenvalue weighted by Crippen LogP contribution is 2.43. The molecule has 0 N–H and O–H groups in total. The van der Waals surface area contributed by atoms with E-state index in [1.807, 2.05) is 0 Å². The van der Waals surface area contributed by atoms with E-state index in [9.17, 15) is 0 Å². The summed E-state index contributed by atoms with van der Waals surface area (Å²) < 4.78 is 2.43. The molecule has 92 valence electrons. The van der Waals surface area contributed by atoms with Crippen LogP contribution >= 0.6 is 15.9 Å². The Bertz CT molecular complexity index is 538. The number of hydrogen-bond acceptors (Lipinski definition) is 0. The molecule has 1 aromatic heterocycles. The number of fused-ring (bicyclic) bond motifs is 1. The predicted octanol–water partition coefficient (Wildman–Crippen LogP) is 3.81. The Labute approximate surface area is 117 Å². The van der Waals surface area contributed by atoms with Crippen molar-refractivity contribution < 1.29 is 4.57 Å². The maximum Gasteiger partial charge on any atom is 0.185 e. The number of pyridine rings is 1. The lowest BCUT2D eigenvalue weighted by atomic mass is 9.84. The largest absolute Gasteiger partial charge is 0.198 e. The predicted molar refractivity (Wildman–Crippen MR) is 77.1 cm³/mol. The van der Waals surface area contributed by atoms with Crippen LogP contribution in [0.1, 0.15) is 36.1 Å². The normalized spacial score (nSPS) is 26.0. The van der Waals surface area contributed by atoms with Crippen LogP contribution < -0.4 is 4.57 Å². The molecule has 18 heavy (non-hydrogen) atoms. The topological polar surface area (TPSA) is 3.88 Å². The molecule has 0 amide bonds. The Hall–Kier alpha value is -1.15. The van der Waals surface area contributed by atoms with Gasteiger partial charge in [0.05, 0.1) is 17.2 Å². The highest BCUT2D eigenvalue weighted by Gasteiger charge is 2.45. The third-order valence-corrected chi connectivity index (χ3v) is 4.71. The lowest BCUT2D eigenvalue weighted by Crippen LogP contribution is -2.39. The van der Waals surface area contributed by atoms with Crippen molar-refractivity contribution in [3.63, 3.8) is 0 Å². The number of aromatic nitrogens is 1. The highest BCUT2D eigenvalue weighted by molar-refractivity contribution is 9.09. The zero-order valence-corrected chi connectivity index (χ0v) is 12.0. The van der Waals surface area contributed by atoms with E-state index < -0.39 is 0 Å². The van der Waals surface area contributed by atoms with Crippen LogP contribution in [-0.4, -0.2) is 5.33 Å². The molecule has 1 aliphatic rings. The van der Waals surface area contributed by atoms with Crippen molar-refractivity contribution >= 4 is 15.9 Å². The standard InChI is InChI=1S/C16H17BrN/c1-12-14-9-5-6-10-18(14)15(11-17)16(12)13-7-3-2-4-8-13/h2-10,12,15-16H,11H2,1H3/q+1/t12-,15-,16+/m1/s1. The number of halogens is 1. The van der Waals surface area contributed by atoms with Gasteiger partial charge in [-0.05, 0) is 5.56 Å². The van der Waals surface area contributed by atoms with E-state index in [4.69, 9.17) is 0 Å². The van der Waals surface area contributed by atoms with Crippen LogP contribution in [0.2, 0.25) is 0 Å². The summed E-state index contributed by atoms with van der Waals surface area (Å²) in [5.41, 5.74) is 2.88. The SMILES string of the molecule is C[C@@H]1c2cccc[n+]2[C@H](CBr)[C@@H]1c1ccccc1. The Balaban J connectivity index is 2.08. The minimum atomic E-state index is 0.513. The Morgan fingerprint density at radius 1 is 1.06 bits per heavy atom. The first kappa shape index (κ1) is 11.9. The van der Waals surface area contributed by atoms with E-state index in [0.29, 0.717) is 17.9 Å². The Kier molecular flexibility index (Phi) is 3.21. The van der Waals surface area contributed by atoms with Crippen molar-refractivity contribution in [3.8, 4) is 0 Å². The number of alkyl halides is 1. The lowest BCUT2D eigenvalue weighted by molar-refractivity contribution is -0.713. The maximum absolute atomic E-state index is 3.69. The zero-order chi connectivity index (χ0) is 12.5. The van der Waals surface area contributed by atoms with Crippen LogP contribution in [0, 0.1) is 0 Å². The molecule has 3 atom stereocenters. The first-order valence-electron chi connectivity index (χ1n) is 6.44. The lowest BCUT2D eigenvalue weighted by Gasteiger charge is -2.16. The molecule has 2 heteroatoms. The molecule has 0 spiro atoms. The van der Waals surface area contributed by atoms with Crippen LogP contribution in [0.15, 0.2) is 54.7 Å². The van der Waals surface area contributed by atoms with Gasteiger partial charge < -0.3 is 0 Å². The summed E-state index contributed by atoms with van der Waals surface area (Å²) in [6, 6.07) is 17.9. The summed E-state index contributed by atoms with van der Waals surface area (Å²) in [4.78, 5) is 0.